The highest BCUT2D eigenvalue weighted by Gasteiger charge is 2.28. The molecule has 1 aromatic rings. The summed E-state index contributed by atoms with van der Waals surface area (Å²) in [6.07, 6.45) is 1.83. The van der Waals surface area contributed by atoms with Crippen molar-refractivity contribution < 1.29 is 14.6 Å². The van der Waals surface area contributed by atoms with Crippen molar-refractivity contribution in [3.8, 4) is 17.6 Å². The Morgan fingerprint density at radius 2 is 2.30 bits per heavy atom. The molecule has 0 aromatic heterocycles. The summed E-state index contributed by atoms with van der Waals surface area (Å²) in [6, 6.07) is 6.82. The van der Waals surface area contributed by atoms with Crippen molar-refractivity contribution in [1.82, 2.24) is 5.32 Å². The molecule has 2 N–H and O–H groups in total. The van der Waals surface area contributed by atoms with Crippen molar-refractivity contribution in [2.75, 3.05) is 13.4 Å². The number of methoxy groups -OCH3 is 1. The number of carbonyl (C=O) groups is 1. The third-order valence-corrected chi connectivity index (χ3v) is 5.13. The Hall–Kier alpha value is -1.78. The SMILES string of the molecule is COc1cc(C2NC(=O)C(C#N)=C(SC)S2)ccc1O. The van der Waals surface area contributed by atoms with Gasteiger partial charge in [0.2, 0.25) is 0 Å². The molecule has 1 amide bonds. The Labute approximate surface area is 125 Å². The van der Waals surface area contributed by atoms with Gasteiger partial charge in [-0.1, -0.05) is 17.8 Å². The topological polar surface area (TPSA) is 82.3 Å². The number of hydrogen-bond acceptors (Lipinski definition) is 6. The first-order chi connectivity index (χ1) is 9.60. The summed E-state index contributed by atoms with van der Waals surface area (Å²) in [4.78, 5) is 11.9. The lowest BCUT2D eigenvalue weighted by atomic mass is 10.2. The molecule has 0 spiro atoms. The molecule has 0 saturated heterocycles. The van der Waals surface area contributed by atoms with E-state index in [9.17, 15) is 9.90 Å². The molecule has 0 radical (unpaired) electrons. The maximum absolute atomic E-state index is 11.9. The third-order valence-electron chi connectivity index (χ3n) is 2.72. The lowest BCUT2D eigenvalue weighted by molar-refractivity contribution is -0.117. The molecule has 20 heavy (non-hydrogen) atoms. The summed E-state index contributed by atoms with van der Waals surface area (Å²) in [5, 5.41) is 21.0. The Kier molecular flexibility index (Phi) is 4.47. The van der Waals surface area contributed by atoms with Crippen LogP contribution in [0.5, 0.6) is 11.5 Å². The fraction of sp³-hybridized carbons (Fsp3) is 0.231. The van der Waals surface area contributed by atoms with Crippen molar-refractivity contribution in [2.45, 2.75) is 5.37 Å². The Bertz CT molecular complexity index is 623. The fourth-order valence-corrected chi connectivity index (χ4v) is 3.67. The summed E-state index contributed by atoms with van der Waals surface area (Å²) in [6.45, 7) is 0. The van der Waals surface area contributed by atoms with Crippen LogP contribution in [0, 0.1) is 11.3 Å². The zero-order valence-electron chi connectivity index (χ0n) is 10.8. The van der Waals surface area contributed by atoms with E-state index in [1.54, 1.807) is 12.1 Å². The standard InChI is InChI=1S/C13H12N2O3S2/c1-18-10-5-7(3-4-9(10)16)12-15-11(17)8(6-14)13(19-2)20-12/h3-5,12,16H,1-2H3,(H,15,17). The fourth-order valence-electron chi connectivity index (χ4n) is 1.73. The van der Waals surface area contributed by atoms with Crippen LogP contribution in [0.3, 0.4) is 0 Å². The number of ether oxygens (including phenoxy) is 1. The molecule has 0 saturated carbocycles. The number of benzene rings is 1. The number of aromatic hydroxyl groups is 1. The number of phenols is 1. The monoisotopic (exact) mass is 308 g/mol. The smallest absolute Gasteiger partial charge is 0.264 e. The number of amides is 1. The number of carbonyl (C=O) groups excluding carboxylic acids is 1. The van der Waals surface area contributed by atoms with Crippen LogP contribution in [0.1, 0.15) is 10.9 Å². The minimum atomic E-state index is -0.382. The van der Waals surface area contributed by atoms with Crippen molar-refractivity contribution in [3.63, 3.8) is 0 Å². The van der Waals surface area contributed by atoms with E-state index in [0.717, 1.165) is 5.56 Å². The lowest BCUT2D eigenvalue weighted by Crippen LogP contribution is -2.31. The molecular weight excluding hydrogens is 296 g/mol. The molecule has 7 heteroatoms. The normalized spacial score (nSPS) is 18.4. The van der Waals surface area contributed by atoms with Crippen LogP contribution in [0.4, 0.5) is 0 Å². The molecule has 1 aliphatic heterocycles. The van der Waals surface area contributed by atoms with Crippen LogP contribution in [-0.4, -0.2) is 24.4 Å². The van der Waals surface area contributed by atoms with E-state index >= 15 is 0 Å². The molecule has 0 bridgehead atoms. The highest BCUT2D eigenvalue weighted by Crippen LogP contribution is 2.43. The van der Waals surface area contributed by atoms with Gasteiger partial charge < -0.3 is 15.2 Å². The number of thioether (sulfide) groups is 2. The molecule has 104 valence electrons. The zero-order valence-corrected chi connectivity index (χ0v) is 12.5. The summed E-state index contributed by atoms with van der Waals surface area (Å²) < 4.78 is 5.75. The van der Waals surface area contributed by atoms with Crippen LogP contribution >= 0.6 is 23.5 Å². The van der Waals surface area contributed by atoms with E-state index in [0.29, 0.717) is 9.99 Å². The molecule has 0 aliphatic carbocycles. The second-order valence-corrected chi connectivity index (χ2v) is 6.07. The van der Waals surface area contributed by atoms with Crippen molar-refractivity contribution in [1.29, 1.82) is 5.26 Å². The molecule has 0 fully saturated rings. The van der Waals surface area contributed by atoms with E-state index < -0.39 is 0 Å². The number of rotatable bonds is 3. The van der Waals surface area contributed by atoms with Gasteiger partial charge in [-0.05, 0) is 24.0 Å². The van der Waals surface area contributed by atoms with Crippen LogP contribution in [0.25, 0.3) is 0 Å². The minimum Gasteiger partial charge on any atom is -0.504 e. The second kappa shape index (κ2) is 6.11. The minimum absolute atomic E-state index is 0.0433. The number of phenolic OH excluding ortho intramolecular Hbond substituents is 1. The quantitative estimate of drug-likeness (QED) is 0.892. The molecule has 1 heterocycles. The predicted octanol–water partition coefficient (Wildman–Crippen LogP) is 2.36. The maximum Gasteiger partial charge on any atom is 0.264 e. The first-order valence-electron chi connectivity index (χ1n) is 5.63. The Morgan fingerprint density at radius 1 is 1.55 bits per heavy atom. The van der Waals surface area contributed by atoms with Gasteiger partial charge in [0.25, 0.3) is 5.91 Å². The third kappa shape index (κ3) is 2.71. The van der Waals surface area contributed by atoms with E-state index in [2.05, 4.69) is 5.32 Å². The van der Waals surface area contributed by atoms with Gasteiger partial charge in [0, 0.05) is 0 Å². The van der Waals surface area contributed by atoms with E-state index in [1.807, 2.05) is 12.3 Å². The van der Waals surface area contributed by atoms with Crippen LogP contribution < -0.4 is 10.1 Å². The van der Waals surface area contributed by atoms with Gasteiger partial charge in [-0.25, -0.2) is 0 Å². The summed E-state index contributed by atoms with van der Waals surface area (Å²) >= 11 is 2.77. The van der Waals surface area contributed by atoms with Gasteiger partial charge in [0.05, 0.1) is 11.3 Å². The molecule has 5 nitrogen and oxygen atoms in total. The number of nitriles is 1. The summed E-state index contributed by atoms with van der Waals surface area (Å²) in [5.74, 6) is 0.00693. The van der Waals surface area contributed by atoms with Gasteiger partial charge in [0.1, 0.15) is 17.0 Å². The first kappa shape index (κ1) is 14.6. The highest BCUT2D eigenvalue weighted by atomic mass is 32.2. The summed E-state index contributed by atoms with van der Waals surface area (Å²) in [7, 11) is 1.46. The average Bonchev–Trinajstić information content (AvgIpc) is 2.46. The van der Waals surface area contributed by atoms with Gasteiger partial charge in [-0.15, -0.1) is 11.8 Å². The van der Waals surface area contributed by atoms with Crippen molar-refractivity contribution in [3.05, 3.63) is 33.6 Å². The first-order valence-corrected chi connectivity index (χ1v) is 7.74. The maximum atomic E-state index is 11.9. The van der Waals surface area contributed by atoms with Crippen LogP contribution in [0.15, 0.2) is 28.0 Å². The molecule has 1 unspecified atom stereocenters. The van der Waals surface area contributed by atoms with Crippen LogP contribution in [0.2, 0.25) is 0 Å². The summed E-state index contributed by atoms with van der Waals surface area (Å²) in [5.41, 5.74) is 0.936. The van der Waals surface area contributed by atoms with E-state index in [-0.39, 0.29) is 22.6 Å². The Morgan fingerprint density at radius 3 is 2.90 bits per heavy atom. The lowest BCUT2D eigenvalue weighted by Gasteiger charge is -2.24. The average molecular weight is 308 g/mol. The number of nitrogens with zero attached hydrogens (tertiary/aromatic N) is 1. The number of hydrogen-bond donors (Lipinski definition) is 2. The zero-order chi connectivity index (χ0) is 14.7. The molecule has 1 aliphatic rings. The largest absolute Gasteiger partial charge is 0.504 e. The van der Waals surface area contributed by atoms with Crippen molar-refractivity contribution in [2.24, 2.45) is 0 Å². The Balaban J connectivity index is 2.35. The molecule has 1 aromatic carbocycles. The second-order valence-electron chi connectivity index (χ2n) is 3.88. The van der Waals surface area contributed by atoms with Gasteiger partial charge >= 0.3 is 0 Å². The van der Waals surface area contributed by atoms with E-state index in [1.165, 1.54) is 36.7 Å². The van der Waals surface area contributed by atoms with Gasteiger partial charge in [-0.2, -0.15) is 5.26 Å². The molecular formula is C13H12N2O3S2. The predicted molar refractivity (Wildman–Crippen MR) is 79.3 cm³/mol. The molecule has 1 atom stereocenters. The highest BCUT2D eigenvalue weighted by molar-refractivity contribution is 8.22. The van der Waals surface area contributed by atoms with Crippen LogP contribution in [-0.2, 0) is 4.79 Å². The van der Waals surface area contributed by atoms with E-state index in [4.69, 9.17) is 10.00 Å². The number of nitrogens with one attached hydrogen (secondary N) is 1. The van der Waals surface area contributed by atoms with Gasteiger partial charge in [0.15, 0.2) is 11.5 Å². The van der Waals surface area contributed by atoms with Crippen molar-refractivity contribution >= 4 is 29.4 Å². The molecule has 2 rings (SSSR count). The van der Waals surface area contributed by atoms with Gasteiger partial charge in [-0.3, -0.25) is 4.79 Å².